The van der Waals surface area contributed by atoms with Crippen molar-refractivity contribution in [3.8, 4) is 0 Å². The molecule has 1 aromatic heterocycles. The number of likely N-dealkylation sites (tertiary alicyclic amines) is 1. The number of aromatic nitrogens is 2. The lowest BCUT2D eigenvalue weighted by Gasteiger charge is -2.32. The molecule has 6 nitrogen and oxygen atoms in total. The fourth-order valence-corrected chi connectivity index (χ4v) is 3.61. The van der Waals surface area contributed by atoms with Gasteiger partial charge >= 0.3 is 5.97 Å². The van der Waals surface area contributed by atoms with Crippen LogP contribution < -0.4 is 0 Å². The summed E-state index contributed by atoms with van der Waals surface area (Å²) in [7, 11) is 0. The van der Waals surface area contributed by atoms with E-state index in [1.54, 1.807) is 11.8 Å². The zero-order valence-electron chi connectivity index (χ0n) is 12.0. The van der Waals surface area contributed by atoms with Crippen molar-refractivity contribution in [2.24, 2.45) is 5.92 Å². The van der Waals surface area contributed by atoms with Crippen molar-refractivity contribution >= 4 is 11.9 Å². The average molecular weight is 289 g/mol. The van der Waals surface area contributed by atoms with Crippen LogP contribution in [0.3, 0.4) is 0 Å². The Balaban J connectivity index is 1.90. The highest BCUT2D eigenvalue weighted by Gasteiger charge is 2.47. The molecule has 2 heterocycles. The molecule has 0 bridgehead atoms. The molecule has 0 radical (unpaired) electrons. The third-order valence-corrected chi connectivity index (χ3v) is 4.61. The summed E-state index contributed by atoms with van der Waals surface area (Å²) >= 11 is 0. The summed E-state index contributed by atoms with van der Waals surface area (Å²) < 4.78 is 0. The molecule has 2 aliphatic rings. The molecule has 3 rings (SSSR count). The molecule has 0 aromatic carbocycles. The van der Waals surface area contributed by atoms with Crippen molar-refractivity contribution in [1.29, 1.82) is 0 Å². The van der Waals surface area contributed by atoms with E-state index in [4.69, 9.17) is 0 Å². The number of carboxylic acid groups (broad SMARTS) is 1. The molecule has 1 N–H and O–H groups in total. The number of nitrogens with zero attached hydrogens (tertiary/aromatic N) is 3. The fraction of sp³-hybridized carbons (Fsp3) is 0.600. The van der Waals surface area contributed by atoms with Crippen molar-refractivity contribution in [3.05, 3.63) is 23.8 Å². The van der Waals surface area contributed by atoms with E-state index in [9.17, 15) is 14.7 Å². The highest BCUT2D eigenvalue weighted by atomic mass is 16.4. The van der Waals surface area contributed by atoms with Gasteiger partial charge in [-0.2, -0.15) is 0 Å². The van der Waals surface area contributed by atoms with Crippen molar-refractivity contribution < 1.29 is 14.7 Å². The second kappa shape index (κ2) is 5.42. The maximum absolute atomic E-state index is 12.7. The lowest BCUT2D eigenvalue weighted by Crippen LogP contribution is -2.46. The summed E-state index contributed by atoms with van der Waals surface area (Å²) in [5.74, 6) is -0.913. The monoisotopic (exact) mass is 289 g/mol. The third-order valence-electron chi connectivity index (χ3n) is 4.61. The summed E-state index contributed by atoms with van der Waals surface area (Å²) in [5.41, 5.74) is 0.969. The van der Waals surface area contributed by atoms with Crippen LogP contribution in [-0.4, -0.2) is 43.9 Å². The topological polar surface area (TPSA) is 83.4 Å². The summed E-state index contributed by atoms with van der Waals surface area (Å²) in [5, 5.41) is 9.44. The van der Waals surface area contributed by atoms with Gasteiger partial charge in [0.15, 0.2) is 0 Å². The first-order chi connectivity index (χ1) is 10.1. The number of hydrogen-bond donors (Lipinski definition) is 1. The molecule has 1 amide bonds. The largest absolute Gasteiger partial charge is 0.480 e. The normalized spacial score (nSPS) is 28.2. The fourth-order valence-electron chi connectivity index (χ4n) is 3.61. The van der Waals surface area contributed by atoms with E-state index in [-0.39, 0.29) is 17.6 Å². The lowest BCUT2D eigenvalue weighted by atomic mass is 9.84. The third kappa shape index (κ3) is 2.50. The smallest absolute Gasteiger partial charge is 0.326 e. The minimum absolute atomic E-state index is 0.0375. The van der Waals surface area contributed by atoms with E-state index in [1.807, 2.05) is 0 Å². The van der Waals surface area contributed by atoms with Crippen LogP contribution >= 0.6 is 0 Å². The number of carbonyl (C=O) groups excluding carboxylic acids is 1. The number of amides is 1. The van der Waals surface area contributed by atoms with E-state index in [0.717, 1.165) is 31.4 Å². The molecule has 1 aliphatic heterocycles. The summed E-state index contributed by atoms with van der Waals surface area (Å²) in [6, 6.07) is -0.691. The quantitative estimate of drug-likeness (QED) is 0.895. The molecule has 3 atom stereocenters. The zero-order chi connectivity index (χ0) is 15.0. The predicted molar refractivity (Wildman–Crippen MR) is 74.7 cm³/mol. The number of aryl methyl sites for hydroxylation is 1. The van der Waals surface area contributed by atoms with Gasteiger partial charge in [0.25, 0.3) is 5.91 Å². The van der Waals surface area contributed by atoms with Crippen LogP contribution in [-0.2, 0) is 4.79 Å². The summed E-state index contributed by atoms with van der Waals surface area (Å²) in [6.45, 7) is 1.80. The molecular formula is C15H19N3O3. The zero-order valence-corrected chi connectivity index (χ0v) is 12.0. The molecule has 0 unspecified atom stereocenters. The van der Waals surface area contributed by atoms with E-state index in [2.05, 4.69) is 9.97 Å². The van der Waals surface area contributed by atoms with Gasteiger partial charge in [0.1, 0.15) is 11.7 Å². The minimum atomic E-state index is -0.919. The molecule has 1 aliphatic carbocycles. The van der Waals surface area contributed by atoms with Crippen LogP contribution in [0.2, 0.25) is 0 Å². The van der Waals surface area contributed by atoms with Gasteiger partial charge < -0.3 is 10.0 Å². The van der Waals surface area contributed by atoms with Crippen molar-refractivity contribution in [1.82, 2.24) is 14.9 Å². The maximum Gasteiger partial charge on any atom is 0.326 e. The van der Waals surface area contributed by atoms with Gasteiger partial charge in [0.2, 0.25) is 0 Å². The van der Waals surface area contributed by atoms with Crippen LogP contribution in [0.4, 0.5) is 0 Å². The van der Waals surface area contributed by atoms with Gasteiger partial charge in [-0.15, -0.1) is 0 Å². The van der Waals surface area contributed by atoms with E-state index in [0.29, 0.717) is 12.3 Å². The molecule has 112 valence electrons. The summed E-state index contributed by atoms with van der Waals surface area (Å²) in [6.07, 6.45) is 7.61. The van der Waals surface area contributed by atoms with Gasteiger partial charge in [0, 0.05) is 12.2 Å². The van der Waals surface area contributed by atoms with Crippen LogP contribution in [0.5, 0.6) is 0 Å². The molecular weight excluding hydrogens is 270 g/mol. The van der Waals surface area contributed by atoms with E-state index in [1.165, 1.54) is 12.4 Å². The SMILES string of the molecule is Cc1cnc(C(=O)N2[C@H](C(=O)O)C[C@@H]3CCCC[C@@H]32)cn1. The van der Waals surface area contributed by atoms with Crippen molar-refractivity contribution in [2.45, 2.75) is 51.1 Å². The maximum atomic E-state index is 12.7. The summed E-state index contributed by atoms with van der Waals surface area (Å²) in [4.78, 5) is 33.9. The number of fused-ring (bicyclic) bond motifs is 1. The highest BCUT2D eigenvalue weighted by molar-refractivity contribution is 5.95. The van der Waals surface area contributed by atoms with E-state index >= 15 is 0 Å². The Bertz CT molecular complexity index is 558. The van der Waals surface area contributed by atoms with Gasteiger partial charge in [-0.1, -0.05) is 12.8 Å². The second-order valence-corrected chi connectivity index (χ2v) is 5.96. The Morgan fingerprint density at radius 2 is 2.00 bits per heavy atom. The Labute approximate surface area is 123 Å². The van der Waals surface area contributed by atoms with Gasteiger partial charge in [0.05, 0.1) is 11.9 Å². The van der Waals surface area contributed by atoms with Crippen LogP contribution in [0.15, 0.2) is 12.4 Å². The van der Waals surface area contributed by atoms with E-state index < -0.39 is 12.0 Å². The van der Waals surface area contributed by atoms with Gasteiger partial charge in [-0.3, -0.25) is 9.78 Å². The van der Waals surface area contributed by atoms with Crippen LogP contribution in [0, 0.1) is 12.8 Å². The first-order valence-corrected chi connectivity index (χ1v) is 7.42. The first-order valence-electron chi connectivity index (χ1n) is 7.42. The number of carbonyl (C=O) groups is 2. The first kappa shape index (κ1) is 14.0. The van der Waals surface area contributed by atoms with Crippen molar-refractivity contribution in [3.63, 3.8) is 0 Å². The number of rotatable bonds is 2. The molecule has 2 fully saturated rings. The molecule has 1 saturated carbocycles. The van der Waals surface area contributed by atoms with Gasteiger partial charge in [-0.25, -0.2) is 9.78 Å². The predicted octanol–water partition coefficient (Wildman–Crippen LogP) is 1.64. The number of carboxylic acids is 1. The lowest BCUT2D eigenvalue weighted by molar-refractivity contribution is -0.141. The average Bonchev–Trinajstić information content (AvgIpc) is 2.87. The Hall–Kier alpha value is -1.98. The standard InChI is InChI=1S/C15H19N3O3/c1-9-7-17-11(8-16-9)14(19)18-12-5-3-2-4-10(12)6-13(18)15(20)21/h7-8,10,12-13H,2-6H2,1H3,(H,20,21)/t10-,12-,13-/m0/s1. The minimum Gasteiger partial charge on any atom is -0.480 e. The molecule has 21 heavy (non-hydrogen) atoms. The van der Waals surface area contributed by atoms with Crippen LogP contribution in [0.25, 0.3) is 0 Å². The molecule has 1 saturated heterocycles. The van der Waals surface area contributed by atoms with Crippen LogP contribution in [0.1, 0.15) is 48.3 Å². The highest BCUT2D eigenvalue weighted by Crippen LogP contribution is 2.40. The molecule has 0 spiro atoms. The van der Waals surface area contributed by atoms with Gasteiger partial charge in [-0.05, 0) is 32.1 Å². The Morgan fingerprint density at radius 3 is 2.67 bits per heavy atom. The Morgan fingerprint density at radius 1 is 1.24 bits per heavy atom. The molecule has 1 aromatic rings. The number of aliphatic carboxylic acids is 1. The number of hydrogen-bond acceptors (Lipinski definition) is 4. The second-order valence-electron chi connectivity index (χ2n) is 5.96. The van der Waals surface area contributed by atoms with Crippen molar-refractivity contribution in [2.75, 3.05) is 0 Å². The molecule has 6 heteroatoms. The Kier molecular flexibility index (Phi) is 3.61.